The minimum Gasteiger partial charge on any atom is -0.384 e. The summed E-state index contributed by atoms with van der Waals surface area (Å²) in [6.07, 6.45) is 0. The van der Waals surface area contributed by atoms with Crippen molar-refractivity contribution >= 4 is 17.2 Å². The SMILES string of the molecule is Cc1cscc1-c1nn(C)c(N)c1C. The van der Waals surface area contributed by atoms with Crippen LogP contribution in [0.4, 0.5) is 5.82 Å². The number of nitrogens with two attached hydrogens (primary N) is 1. The molecule has 0 aliphatic heterocycles. The lowest BCUT2D eigenvalue weighted by Gasteiger charge is -1.95. The summed E-state index contributed by atoms with van der Waals surface area (Å²) in [7, 11) is 1.87. The van der Waals surface area contributed by atoms with Gasteiger partial charge < -0.3 is 5.73 Å². The van der Waals surface area contributed by atoms with Gasteiger partial charge >= 0.3 is 0 Å². The van der Waals surface area contributed by atoms with Gasteiger partial charge in [0, 0.05) is 23.6 Å². The Labute approximate surface area is 87.2 Å². The number of anilines is 1. The molecule has 0 aromatic carbocycles. The Morgan fingerprint density at radius 3 is 2.50 bits per heavy atom. The van der Waals surface area contributed by atoms with Crippen molar-refractivity contribution in [2.75, 3.05) is 5.73 Å². The molecular weight excluding hydrogens is 194 g/mol. The van der Waals surface area contributed by atoms with Crippen LogP contribution in [-0.2, 0) is 7.05 Å². The zero-order valence-electron chi connectivity index (χ0n) is 8.53. The molecule has 0 aliphatic rings. The predicted molar refractivity (Wildman–Crippen MR) is 60.4 cm³/mol. The summed E-state index contributed by atoms with van der Waals surface area (Å²) in [5.74, 6) is 0.741. The lowest BCUT2D eigenvalue weighted by atomic mass is 10.1. The Bertz CT molecular complexity index is 468. The molecule has 0 fully saturated rings. The van der Waals surface area contributed by atoms with Crippen molar-refractivity contribution in [3.05, 3.63) is 21.9 Å². The normalized spacial score (nSPS) is 10.8. The second-order valence-electron chi connectivity index (χ2n) is 3.45. The maximum absolute atomic E-state index is 5.86. The van der Waals surface area contributed by atoms with Crippen LogP contribution in [0.2, 0.25) is 0 Å². The molecule has 4 heteroatoms. The number of rotatable bonds is 1. The molecule has 0 amide bonds. The highest BCUT2D eigenvalue weighted by Crippen LogP contribution is 2.30. The van der Waals surface area contributed by atoms with E-state index in [1.165, 1.54) is 11.1 Å². The zero-order chi connectivity index (χ0) is 10.3. The number of hydrogen-bond acceptors (Lipinski definition) is 3. The first-order valence-corrected chi connectivity index (χ1v) is 5.37. The first kappa shape index (κ1) is 9.27. The highest BCUT2D eigenvalue weighted by Gasteiger charge is 2.13. The van der Waals surface area contributed by atoms with Crippen LogP contribution >= 0.6 is 11.3 Å². The molecule has 14 heavy (non-hydrogen) atoms. The van der Waals surface area contributed by atoms with Crippen LogP contribution in [0.1, 0.15) is 11.1 Å². The van der Waals surface area contributed by atoms with Gasteiger partial charge in [-0.05, 0) is 24.8 Å². The summed E-state index contributed by atoms with van der Waals surface area (Å²) in [6, 6.07) is 0. The third-order valence-corrected chi connectivity index (χ3v) is 3.31. The molecule has 0 bridgehead atoms. The number of nitrogen functional groups attached to an aromatic ring is 1. The van der Waals surface area contributed by atoms with Crippen LogP contribution in [0.15, 0.2) is 10.8 Å². The molecule has 0 unspecified atom stereocenters. The van der Waals surface area contributed by atoms with Gasteiger partial charge in [-0.15, -0.1) is 0 Å². The van der Waals surface area contributed by atoms with Gasteiger partial charge in [0.2, 0.25) is 0 Å². The smallest absolute Gasteiger partial charge is 0.124 e. The average Bonchev–Trinajstić information content (AvgIpc) is 2.66. The number of thiophene rings is 1. The van der Waals surface area contributed by atoms with E-state index in [1.807, 2.05) is 14.0 Å². The van der Waals surface area contributed by atoms with Crippen molar-refractivity contribution in [2.45, 2.75) is 13.8 Å². The standard InChI is InChI=1S/C10H13N3S/c1-6-4-14-5-8(6)9-7(2)10(11)13(3)12-9/h4-5H,11H2,1-3H3. The van der Waals surface area contributed by atoms with E-state index < -0.39 is 0 Å². The van der Waals surface area contributed by atoms with Crippen LogP contribution in [0.3, 0.4) is 0 Å². The van der Waals surface area contributed by atoms with E-state index in [4.69, 9.17) is 5.73 Å². The van der Waals surface area contributed by atoms with E-state index in [0.29, 0.717) is 0 Å². The fraction of sp³-hybridized carbons (Fsp3) is 0.300. The number of aryl methyl sites for hydroxylation is 2. The summed E-state index contributed by atoms with van der Waals surface area (Å²) >= 11 is 1.69. The third kappa shape index (κ3) is 1.23. The molecule has 0 spiro atoms. The Balaban J connectivity index is 2.63. The van der Waals surface area contributed by atoms with E-state index in [1.54, 1.807) is 16.0 Å². The topological polar surface area (TPSA) is 43.8 Å². The fourth-order valence-corrected chi connectivity index (χ4v) is 2.33. The highest BCUT2D eigenvalue weighted by molar-refractivity contribution is 7.08. The molecule has 0 atom stereocenters. The summed E-state index contributed by atoms with van der Waals surface area (Å²) in [5.41, 5.74) is 10.4. The Morgan fingerprint density at radius 2 is 2.07 bits per heavy atom. The van der Waals surface area contributed by atoms with Crippen molar-refractivity contribution in [1.29, 1.82) is 0 Å². The number of hydrogen-bond donors (Lipinski definition) is 1. The number of nitrogens with zero attached hydrogens (tertiary/aromatic N) is 2. The molecule has 0 saturated carbocycles. The maximum atomic E-state index is 5.86. The second kappa shape index (κ2) is 3.13. The Hall–Kier alpha value is -1.29. The lowest BCUT2D eigenvalue weighted by molar-refractivity contribution is 0.782. The monoisotopic (exact) mass is 207 g/mol. The highest BCUT2D eigenvalue weighted by atomic mass is 32.1. The molecule has 2 aromatic rings. The first-order chi connectivity index (χ1) is 6.61. The van der Waals surface area contributed by atoms with E-state index in [2.05, 4.69) is 22.8 Å². The van der Waals surface area contributed by atoms with Crippen LogP contribution < -0.4 is 5.73 Å². The zero-order valence-corrected chi connectivity index (χ0v) is 9.35. The van der Waals surface area contributed by atoms with Crippen LogP contribution in [0.25, 0.3) is 11.3 Å². The average molecular weight is 207 g/mol. The number of aromatic nitrogens is 2. The van der Waals surface area contributed by atoms with E-state index >= 15 is 0 Å². The van der Waals surface area contributed by atoms with Gasteiger partial charge in [0.1, 0.15) is 5.82 Å². The van der Waals surface area contributed by atoms with E-state index in [0.717, 1.165) is 17.1 Å². The van der Waals surface area contributed by atoms with Crippen molar-refractivity contribution in [3.8, 4) is 11.3 Å². The minimum atomic E-state index is 0.741. The summed E-state index contributed by atoms with van der Waals surface area (Å²) in [4.78, 5) is 0. The first-order valence-electron chi connectivity index (χ1n) is 4.43. The molecule has 74 valence electrons. The largest absolute Gasteiger partial charge is 0.384 e. The lowest BCUT2D eigenvalue weighted by Crippen LogP contribution is -1.97. The van der Waals surface area contributed by atoms with Gasteiger partial charge in [0.25, 0.3) is 0 Å². The molecule has 0 aliphatic carbocycles. The van der Waals surface area contributed by atoms with Gasteiger partial charge in [-0.25, -0.2) is 0 Å². The fourth-order valence-electron chi connectivity index (χ4n) is 1.50. The predicted octanol–water partition coefficient (Wildman–Crippen LogP) is 2.35. The molecular formula is C10H13N3S. The molecule has 2 rings (SSSR count). The quantitative estimate of drug-likeness (QED) is 0.780. The molecule has 0 saturated heterocycles. The molecule has 3 nitrogen and oxygen atoms in total. The van der Waals surface area contributed by atoms with Gasteiger partial charge in [-0.3, -0.25) is 4.68 Å². The van der Waals surface area contributed by atoms with Crippen LogP contribution in [0, 0.1) is 13.8 Å². The molecule has 2 heterocycles. The van der Waals surface area contributed by atoms with Gasteiger partial charge in [-0.1, -0.05) is 0 Å². The molecule has 0 radical (unpaired) electrons. The Morgan fingerprint density at radius 1 is 1.36 bits per heavy atom. The Kier molecular flexibility index (Phi) is 2.07. The summed E-state index contributed by atoms with van der Waals surface area (Å²) in [6.45, 7) is 4.10. The van der Waals surface area contributed by atoms with Gasteiger partial charge in [0.05, 0.1) is 5.69 Å². The summed E-state index contributed by atoms with van der Waals surface area (Å²) < 4.78 is 1.72. The van der Waals surface area contributed by atoms with Crippen LogP contribution in [-0.4, -0.2) is 9.78 Å². The molecule has 2 N–H and O–H groups in total. The summed E-state index contributed by atoms with van der Waals surface area (Å²) in [5, 5.41) is 8.65. The minimum absolute atomic E-state index is 0.741. The maximum Gasteiger partial charge on any atom is 0.124 e. The van der Waals surface area contributed by atoms with Gasteiger partial charge in [-0.2, -0.15) is 16.4 Å². The van der Waals surface area contributed by atoms with E-state index in [9.17, 15) is 0 Å². The third-order valence-electron chi connectivity index (χ3n) is 2.45. The van der Waals surface area contributed by atoms with Crippen molar-refractivity contribution in [1.82, 2.24) is 9.78 Å². The van der Waals surface area contributed by atoms with Crippen molar-refractivity contribution in [3.63, 3.8) is 0 Å². The van der Waals surface area contributed by atoms with E-state index in [-0.39, 0.29) is 0 Å². The van der Waals surface area contributed by atoms with Crippen molar-refractivity contribution in [2.24, 2.45) is 7.05 Å². The second-order valence-corrected chi connectivity index (χ2v) is 4.19. The van der Waals surface area contributed by atoms with Crippen molar-refractivity contribution < 1.29 is 0 Å². The molecule has 2 aromatic heterocycles. The van der Waals surface area contributed by atoms with Gasteiger partial charge in [0.15, 0.2) is 0 Å². The van der Waals surface area contributed by atoms with Crippen LogP contribution in [0.5, 0.6) is 0 Å².